The molecule has 4 rings (SSSR count). The summed E-state index contributed by atoms with van der Waals surface area (Å²) in [5.74, 6) is 0. The Kier molecular flexibility index (Phi) is 16.3. The first-order valence-electron chi connectivity index (χ1n) is 12.4. The number of nitrogens with two attached hydrogens (primary N) is 1. The van der Waals surface area contributed by atoms with Crippen molar-refractivity contribution in [2.45, 2.75) is 40.2 Å². The maximum Gasteiger partial charge on any atom is 0.0178 e. The third-order valence-electron chi connectivity index (χ3n) is 5.08. The minimum atomic E-state index is 0.640. The summed E-state index contributed by atoms with van der Waals surface area (Å²) in [7, 11) is 0. The van der Waals surface area contributed by atoms with Gasteiger partial charge in [-0.1, -0.05) is 139 Å². The summed E-state index contributed by atoms with van der Waals surface area (Å²) in [6, 6.07) is 37.8. The molecule has 0 aromatic heterocycles. The molecule has 2 heteroatoms. The van der Waals surface area contributed by atoms with Crippen molar-refractivity contribution in [2.24, 2.45) is 5.73 Å². The molecule has 0 radical (unpaired) electrons. The molecule has 0 aliphatic rings. The second kappa shape index (κ2) is 19.0. The molecule has 0 aliphatic carbocycles. The highest BCUT2D eigenvalue weighted by Gasteiger charge is 1.99. The molecule has 0 bridgehead atoms. The van der Waals surface area contributed by atoms with Gasteiger partial charge in [-0.2, -0.15) is 0 Å². The van der Waals surface area contributed by atoms with Crippen molar-refractivity contribution in [1.29, 1.82) is 0 Å². The zero-order valence-electron chi connectivity index (χ0n) is 22.0. The van der Waals surface area contributed by atoms with Crippen LogP contribution in [0.25, 0.3) is 16.7 Å². The molecule has 0 saturated carbocycles. The standard InChI is InChI=1S/C22H19Br.C7H9N.C3H8.C2H4/c1-17(7-8-18-9-15-22(23)16-10-18)19-11-13-21(14-12-19)20-5-3-2-4-6-20;8-6-7-4-2-1-3-5-7;1-3-2;1-2/h2-7,9-16H,8H2,1H3;1-5H,6,8H2;3H2,1-2H3;1-2H2/b17-7+;;;. The Labute approximate surface area is 227 Å². The Hall–Kier alpha value is -3.20. The second-order valence-electron chi connectivity index (χ2n) is 8.06. The number of benzene rings is 4. The van der Waals surface area contributed by atoms with Crippen molar-refractivity contribution in [3.05, 3.63) is 150 Å². The lowest BCUT2D eigenvalue weighted by Gasteiger charge is -2.06. The molecule has 0 saturated heterocycles. The van der Waals surface area contributed by atoms with Crippen molar-refractivity contribution >= 4 is 21.5 Å². The minimum absolute atomic E-state index is 0.640. The van der Waals surface area contributed by atoms with Crippen LogP contribution in [0.2, 0.25) is 0 Å². The van der Waals surface area contributed by atoms with Crippen LogP contribution < -0.4 is 5.73 Å². The first kappa shape index (κ1) is 30.8. The van der Waals surface area contributed by atoms with E-state index in [0.717, 1.165) is 10.9 Å². The van der Waals surface area contributed by atoms with E-state index in [-0.39, 0.29) is 0 Å². The van der Waals surface area contributed by atoms with Gasteiger partial charge in [0.25, 0.3) is 0 Å². The summed E-state index contributed by atoms with van der Waals surface area (Å²) in [5.41, 5.74) is 13.0. The molecule has 0 spiro atoms. The van der Waals surface area contributed by atoms with Crippen LogP contribution in [0.5, 0.6) is 0 Å². The fourth-order valence-corrected chi connectivity index (χ4v) is 3.44. The van der Waals surface area contributed by atoms with E-state index >= 15 is 0 Å². The zero-order valence-corrected chi connectivity index (χ0v) is 23.5. The third-order valence-corrected chi connectivity index (χ3v) is 5.61. The van der Waals surface area contributed by atoms with Gasteiger partial charge in [0.05, 0.1) is 0 Å². The average molecular weight is 543 g/mol. The Morgan fingerprint density at radius 2 is 1.17 bits per heavy atom. The Morgan fingerprint density at radius 3 is 1.64 bits per heavy atom. The van der Waals surface area contributed by atoms with E-state index in [9.17, 15) is 0 Å². The topological polar surface area (TPSA) is 26.0 Å². The molecular weight excluding hydrogens is 502 g/mol. The van der Waals surface area contributed by atoms with Gasteiger partial charge in [0.15, 0.2) is 0 Å². The highest BCUT2D eigenvalue weighted by molar-refractivity contribution is 9.10. The highest BCUT2D eigenvalue weighted by atomic mass is 79.9. The van der Waals surface area contributed by atoms with E-state index < -0.39 is 0 Å². The number of rotatable bonds is 5. The Bertz CT molecular complexity index is 1100. The number of allylic oxidation sites excluding steroid dienone is 2. The first-order valence-corrected chi connectivity index (χ1v) is 13.2. The summed E-state index contributed by atoms with van der Waals surface area (Å²) in [4.78, 5) is 0. The fraction of sp³-hybridized carbons (Fsp3) is 0.176. The zero-order chi connectivity index (χ0) is 26.6. The molecule has 2 N–H and O–H groups in total. The highest BCUT2D eigenvalue weighted by Crippen LogP contribution is 2.22. The van der Waals surface area contributed by atoms with Gasteiger partial charge >= 0.3 is 0 Å². The lowest BCUT2D eigenvalue weighted by molar-refractivity contribution is 1.07. The molecule has 4 aromatic carbocycles. The monoisotopic (exact) mass is 541 g/mol. The number of halogens is 1. The van der Waals surface area contributed by atoms with Crippen LogP contribution in [0.1, 0.15) is 43.9 Å². The van der Waals surface area contributed by atoms with Gasteiger partial charge in [-0.05, 0) is 58.9 Å². The predicted molar refractivity (Wildman–Crippen MR) is 165 cm³/mol. The maximum atomic E-state index is 5.35. The predicted octanol–water partition coefficient (Wildman–Crippen LogP) is 10.1. The third kappa shape index (κ3) is 12.0. The van der Waals surface area contributed by atoms with Crippen LogP contribution >= 0.6 is 15.9 Å². The largest absolute Gasteiger partial charge is 0.326 e. The van der Waals surface area contributed by atoms with Crippen LogP contribution in [0, 0.1) is 0 Å². The molecule has 0 amide bonds. The van der Waals surface area contributed by atoms with Crippen molar-refractivity contribution in [2.75, 3.05) is 0 Å². The van der Waals surface area contributed by atoms with E-state index in [1.165, 1.54) is 39.8 Å². The van der Waals surface area contributed by atoms with E-state index in [4.69, 9.17) is 5.73 Å². The summed E-state index contributed by atoms with van der Waals surface area (Å²) < 4.78 is 1.12. The quantitative estimate of drug-likeness (QED) is 0.250. The van der Waals surface area contributed by atoms with Gasteiger partial charge < -0.3 is 5.73 Å². The SMILES string of the molecule is C/C(=C\Cc1ccc(Br)cc1)c1ccc(-c2ccccc2)cc1.C=C.CCC.NCc1ccccc1. The summed E-state index contributed by atoms with van der Waals surface area (Å²) in [5, 5.41) is 0. The van der Waals surface area contributed by atoms with Crippen LogP contribution in [-0.4, -0.2) is 0 Å². The molecule has 4 aromatic rings. The summed E-state index contributed by atoms with van der Waals surface area (Å²) in [6.45, 7) is 13.1. The molecule has 0 heterocycles. The molecule has 188 valence electrons. The van der Waals surface area contributed by atoms with Gasteiger partial charge in [-0.15, -0.1) is 13.2 Å². The maximum absolute atomic E-state index is 5.35. The van der Waals surface area contributed by atoms with Crippen molar-refractivity contribution in [3.8, 4) is 11.1 Å². The van der Waals surface area contributed by atoms with Crippen LogP contribution in [-0.2, 0) is 13.0 Å². The molecule has 0 fully saturated rings. The Morgan fingerprint density at radius 1 is 0.694 bits per heavy atom. The molecule has 36 heavy (non-hydrogen) atoms. The average Bonchev–Trinajstić information content (AvgIpc) is 2.95. The van der Waals surface area contributed by atoms with Crippen molar-refractivity contribution in [1.82, 2.24) is 0 Å². The molecule has 0 aliphatic heterocycles. The van der Waals surface area contributed by atoms with Gasteiger partial charge in [0.2, 0.25) is 0 Å². The van der Waals surface area contributed by atoms with Crippen LogP contribution in [0.15, 0.2) is 133 Å². The summed E-state index contributed by atoms with van der Waals surface area (Å²) >= 11 is 3.47. The van der Waals surface area contributed by atoms with Gasteiger partial charge in [0, 0.05) is 11.0 Å². The van der Waals surface area contributed by atoms with Gasteiger partial charge in [-0.25, -0.2) is 0 Å². The molecular formula is C34H40BrN. The van der Waals surface area contributed by atoms with Crippen LogP contribution in [0.4, 0.5) is 0 Å². The summed E-state index contributed by atoms with van der Waals surface area (Å²) in [6.07, 6.45) is 4.50. The second-order valence-corrected chi connectivity index (χ2v) is 8.97. The van der Waals surface area contributed by atoms with Gasteiger partial charge in [-0.3, -0.25) is 0 Å². The lowest BCUT2D eigenvalue weighted by atomic mass is 10.00. The van der Waals surface area contributed by atoms with E-state index in [0.29, 0.717) is 6.54 Å². The fourth-order valence-electron chi connectivity index (χ4n) is 3.18. The van der Waals surface area contributed by atoms with Crippen LogP contribution in [0.3, 0.4) is 0 Å². The molecule has 0 atom stereocenters. The molecule has 0 unspecified atom stereocenters. The van der Waals surface area contributed by atoms with E-state index in [2.05, 4.69) is 129 Å². The molecule has 1 nitrogen and oxygen atoms in total. The van der Waals surface area contributed by atoms with Crippen molar-refractivity contribution in [3.63, 3.8) is 0 Å². The lowest BCUT2D eigenvalue weighted by Crippen LogP contribution is -1.94. The Balaban J connectivity index is 0.000000414. The van der Waals surface area contributed by atoms with Gasteiger partial charge in [0.1, 0.15) is 0 Å². The normalized spacial score (nSPS) is 9.97. The van der Waals surface area contributed by atoms with E-state index in [1.54, 1.807) is 0 Å². The van der Waals surface area contributed by atoms with Crippen molar-refractivity contribution < 1.29 is 0 Å². The number of hydrogen-bond acceptors (Lipinski definition) is 1. The van der Waals surface area contributed by atoms with E-state index in [1.807, 2.05) is 36.4 Å². The minimum Gasteiger partial charge on any atom is -0.326 e. The first-order chi connectivity index (χ1) is 17.6. The number of hydrogen-bond donors (Lipinski definition) is 1. The smallest absolute Gasteiger partial charge is 0.0178 e.